The van der Waals surface area contributed by atoms with Crippen molar-refractivity contribution in [3.8, 4) is 0 Å². The number of carboxylic acid groups (broad SMARTS) is 1. The molecule has 0 saturated heterocycles. The topological polar surface area (TPSA) is 171 Å². The van der Waals surface area contributed by atoms with Gasteiger partial charge in [0.25, 0.3) is 0 Å². The molecule has 0 spiro atoms. The fraction of sp³-hybridized carbons (Fsp3) is 0.333. The number of benzene rings is 1. The zero-order valence-electron chi connectivity index (χ0n) is 13.9. The van der Waals surface area contributed by atoms with Gasteiger partial charge in [0.2, 0.25) is 11.8 Å². The number of carbonyl (C=O) groups excluding carboxylic acids is 2. The highest BCUT2D eigenvalue weighted by atomic mass is 35.5. The van der Waals surface area contributed by atoms with E-state index in [1.807, 2.05) is 0 Å². The summed E-state index contributed by atoms with van der Waals surface area (Å²) in [6.45, 7) is -0.270. The molecular formula is C15H23Cl2N5O4. The van der Waals surface area contributed by atoms with Crippen molar-refractivity contribution in [1.29, 1.82) is 5.41 Å². The summed E-state index contributed by atoms with van der Waals surface area (Å²) in [7, 11) is 0. The van der Waals surface area contributed by atoms with Crippen molar-refractivity contribution in [2.24, 2.45) is 11.5 Å². The highest BCUT2D eigenvalue weighted by Gasteiger charge is 2.15. The molecule has 1 aromatic rings. The second kappa shape index (κ2) is 12.9. The Morgan fingerprint density at radius 1 is 1.12 bits per heavy atom. The van der Waals surface area contributed by atoms with Crippen molar-refractivity contribution in [2.75, 3.05) is 13.1 Å². The number of nitrogens with one attached hydrogen (secondary N) is 3. The van der Waals surface area contributed by atoms with Crippen LogP contribution in [0.2, 0.25) is 0 Å². The SMILES string of the molecule is Cl.Cl.N=C(N)c1ccc(C[C@H](N)C(=O)NCC(=O)NCCC(=O)O)cc1. The predicted molar refractivity (Wildman–Crippen MR) is 102 cm³/mol. The van der Waals surface area contributed by atoms with E-state index in [9.17, 15) is 14.4 Å². The van der Waals surface area contributed by atoms with E-state index in [0.717, 1.165) is 5.56 Å². The summed E-state index contributed by atoms with van der Waals surface area (Å²) < 4.78 is 0. The summed E-state index contributed by atoms with van der Waals surface area (Å²) in [6, 6.07) is 5.95. The molecule has 0 aliphatic heterocycles. The van der Waals surface area contributed by atoms with Crippen LogP contribution in [0.5, 0.6) is 0 Å². The molecule has 9 nitrogen and oxygen atoms in total. The number of carbonyl (C=O) groups is 3. The molecular weight excluding hydrogens is 385 g/mol. The molecule has 0 unspecified atom stereocenters. The maximum absolute atomic E-state index is 11.8. The van der Waals surface area contributed by atoms with Crippen LogP contribution >= 0.6 is 24.8 Å². The van der Waals surface area contributed by atoms with E-state index in [4.69, 9.17) is 22.0 Å². The number of hydrogen-bond donors (Lipinski definition) is 6. The molecule has 8 N–H and O–H groups in total. The summed E-state index contributed by atoms with van der Waals surface area (Å²) >= 11 is 0. The molecule has 0 aromatic heterocycles. The molecule has 0 bridgehead atoms. The Hall–Kier alpha value is -2.36. The fourth-order valence-electron chi connectivity index (χ4n) is 1.84. The highest BCUT2D eigenvalue weighted by Crippen LogP contribution is 2.06. The van der Waals surface area contributed by atoms with Crippen LogP contribution in [-0.2, 0) is 20.8 Å². The van der Waals surface area contributed by atoms with Crippen molar-refractivity contribution >= 4 is 48.4 Å². The van der Waals surface area contributed by atoms with Gasteiger partial charge in [0.1, 0.15) is 5.84 Å². The van der Waals surface area contributed by atoms with E-state index in [1.54, 1.807) is 24.3 Å². The summed E-state index contributed by atoms with van der Waals surface area (Å²) in [5, 5.41) is 20.5. The standard InChI is InChI=1S/C15H21N5O4.2ClH/c16-11(7-9-1-3-10(4-2-9)14(17)18)15(24)20-8-12(21)19-6-5-13(22)23;;/h1-4,11H,5-8,16H2,(H3,17,18)(H,19,21)(H,20,24)(H,22,23);2*1H/t11-;;/m0../s1. The normalized spacial score (nSPS) is 10.5. The number of nitrogen functional groups attached to an aromatic ring is 1. The first kappa shape index (κ1) is 25.9. The number of hydrogen-bond acceptors (Lipinski definition) is 5. The molecule has 0 heterocycles. The molecule has 0 saturated carbocycles. The first-order valence-electron chi connectivity index (χ1n) is 7.24. The lowest BCUT2D eigenvalue weighted by molar-refractivity contribution is -0.137. The second-order valence-electron chi connectivity index (χ2n) is 5.13. The minimum Gasteiger partial charge on any atom is -0.481 e. The number of carboxylic acids is 1. The van der Waals surface area contributed by atoms with Crippen LogP contribution in [-0.4, -0.2) is 47.9 Å². The van der Waals surface area contributed by atoms with Gasteiger partial charge in [-0.1, -0.05) is 24.3 Å². The number of amidine groups is 1. The minimum absolute atomic E-state index is 0. The van der Waals surface area contributed by atoms with Crippen molar-refractivity contribution in [3.63, 3.8) is 0 Å². The molecule has 1 atom stereocenters. The van der Waals surface area contributed by atoms with Crippen molar-refractivity contribution in [3.05, 3.63) is 35.4 Å². The zero-order chi connectivity index (χ0) is 18.1. The highest BCUT2D eigenvalue weighted by molar-refractivity contribution is 5.95. The van der Waals surface area contributed by atoms with Gasteiger partial charge in [0, 0.05) is 12.1 Å². The molecule has 0 radical (unpaired) electrons. The second-order valence-corrected chi connectivity index (χ2v) is 5.13. The van der Waals surface area contributed by atoms with Gasteiger partial charge < -0.3 is 27.2 Å². The minimum atomic E-state index is -1.02. The van der Waals surface area contributed by atoms with Gasteiger partial charge in [-0.3, -0.25) is 19.8 Å². The van der Waals surface area contributed by atoms with Crippen molar-refractivity contribution < 1.29 is 19.5 Å². The summed E-state index contributed by atoms with van der Waals surface area (Å²) in [5.74, 6) is -2.03. The quantitative estimate of drug-likeness (QED) is 0.235. The lowest BCUT2D eigenvalue weighted by atomic mass is 10.0. The first-order chi connectivity index (χ1) is 11.3. The maximum Gasteiger partial charge on any atom is 0.305 e. The smallest absolute Gasteiger partial charge is 0.305 e. The van der Waals surface area contributed by atoms with Crippen LogP contribution in [0.15, 0.2) is 24.3 Å². The third-order valence-electron chi connectivity index (χ3n) is 3.14. The van der Waals surface area contributed by atoms with Crippen molar-refractivity contribution in [2.45, 2.75) is 18.9 Å². The molecule has 11 heteroatoms. The Balaban J connectivity index is 0. The summed E-state index contributed by atoms with van der Waals surface area (Å²) in [4.78, 5) is 33.6. The van der Waals surface area contributed by atoms with Crippen molar-refractivity contribution in [1.82, 2.24) is 10.6 Å². The number of aliphatic carboxylic acids is 1. The van der Waals surface area contributed by atoms with E-state index < -0.39 is 23.8 Å². The van der Waals surface area contributed by atoms with E-state index in [0.29, 0.717) is 5.56 Å². The van der Waals surface area contributed by atoms with Gasteiger partial charge in [-0.05, 0) is 12.0 Å². The fourth-order valence-corrected chi connectivity index (χ4v) is 1.84. The van der Waals surface area contributed by atoms with E-state index >= 15 is 0 Å². The molecule has 2 amide bonds. The van der Waals surface area contributed by atoms with Gasteiger partial charge in [0.15, 0.2) is 0 Å². The number of nitrogens with two attached hydrogens (primary N) is 2. The molecule has 1 aromatic carbocycles. The van der Waals surface area contributed by atoms with Crippen LogP contribution in [0.3, 0.4) is 0 Å². The summed E-state index contributed by atoms with van der Waals surface area (Å²) in [5.41, 5.74) is 12.5. The largest absolute Gasteiger partial charge is 0.481 e. The van der Waals surface area contributed by atoms with Gasteiger partial charge in [-0.25, -0.2) is 0 Å². The number of halogens is 2. The molecule has 26 heavy (non-hydrogen) atoms. The molecule has 0 aliphatic rings. The monoisotopic (exact) mass is 407 g/mol. The van der Waals surface area contributed by atoms with Gasteiger partial charge >= 0.3 is 5.97 Å². The van der Waals surface area contributed by atoms with E-state index in [-0.39, 0.29) is 56.6 Å². The average molecular weight is 408 g/mol. The number of rotatable bonds is 9. The molecule has 146 valence electrons. The Labute approximate surface area is 163 Å². The van der Waals surface area contributed by atoms with Crippen LogP contribution in [0.4, 0.5) is 0 Å². The Bertz CT molecular complexity index is 625. The molecule has 1 rings (SSSR count). The lowest BCUT2D eigenvalue weighted by Gasteiger charge is -2.12. The van der Waals surface area contributed by atoms with Gasteiger partial charge in [-0.15, -0.1) is 24.8 Å². The van der Waals surface area contributed by atoms with Crippen LogP contribution in [0, 0.1) is 5.41 Å². The number of amides is 2. The molecule has 0 fully saturated rings. The summed E-state index contributed by atoms with van der Waals surface area (Å²) in [6.07, 6.45) is 0.0834. The maximum atomic E-state index is 11.8. The van der Waals surface area contributed by atoms with Crippen LogP contribution < -0.4 is 22.1 Å². The third-order valence-corrected chi connectivity index (χ3v) is 3.14. The van der Waals surface area contributed by atoms with Gasteiger partial charge in [0.05, 0.1) is 19.0 Å². The molecule has 0 aliphatic carbocycles. The van der Waals surface area contributed by atoms with E-state index in [2.05, 4.69) is 10.6 Å². The van der Waals surface area contributed by atoms with Crippen LogP contribution in [0.25, 0.3) is 0 Å². The Morgan fingerprint density at radius 2 is 1.69 bits per heavy atom. The first-order valence-corrected chi connectivity index (χ1v) is 7.24. The predicted octanol–water partition coefficient (Wildman–Crippen LogP) is -0.609. The third kappa shape index (κ3) is 9.82. The lowest BCUT2D eigenvalue weighted by Crippen LogP contribution is -2.46. The Morgan fingerprint density at radius 3 is 2.19 bits per heavy atom. The Kier molecular flexibility index (Phi) is 12.9. The zero-order valence-corrected chi connectivity index (χ0v) is 15.5. The van der Waals surface area contributed by atoms with E-state index in [1.165, 1.54) is 0 Å². The van der Waals surface area contributed by atoms with Crippen LogP contribution in [0.1, 0.15) is 17.5 Å². The average Bonchev–Trinajstić information content (AvgIpc) is 2.52. The van der Waals surface area contributed by atoms with Gasteiger partial charge in [-0.2, -0.15) is 0 Å².